The van der Waals surface area contributed by atoms with Crippen molar-refractivity contribution >= 4 is 56.0 Å². The Morgan fingerprint density at radius 1 is 1.29 bits per heavy atom. The van der Waals surface area contributed by atoms with E-state index in [1.807, 2.05) is 6.07 Å². The molecule has 0 aliphatic carbocycles. The van der Waals surface area contributed by atoms with Crippen LogP contribution in [0.3, 0.4) is 0 Å². The normalized spacial score (nSPS) is 11.0. The molecule has 0 bridgehead atoms. The fourth-order valence-corrected chi connectivity index (χ4v) is 4.07. The fraction of sp³-hybridized carbons (Fsp3) is 0.0714. The van der Waals surface area contributed by atoms with Crippen molar-refractivity contribution in [2.75, 3.05) is 5.73 Å². The number of benzene rings is 1. The molecule has 1 amide bonds. The number of carbonyl (C=O) groups excluding carboxylic acids is 1. The predicted molar refractivity (Wildman–Crippen MR) is 86.7 cm³/mol. The summed E-state index contributed by atoms with van der Waals surface area (Å²) in [4.78, 5) is 13.5. The van der Waals surface area contributed by atoms with Crippen LogP contribution >= 0.6 is 34.3 Å². The molecular weight excluding hydrogens is 331 g/mol. The Labute approximate surface area is 133 Å². The third kappa shape index (κ3) is 2.74. The second kappa shape index (κ2) is 5.63. The van der Waals surface area contributed by atoms with Crippen LogP contribution < -0.4 is 11.1 Å². The summed E-state index contributed by atoms with van der Waals surface area (Å²) in [7, 11) is 0. The highest BCUT2D eigenvalue weighted by molar-refractivity contribution is 7.21. The van der Waals surface area contributed by atoms with Gasteiger partial charge in [-0.3, -0.25) is 4.79 Å². The summed E-state index contributed by atoms with van der Waals surface area (Å²) in [6.07, 6.45) is 0. The first kappa shape index (κ1) is 14.3. The molecule has 108 valence electrons. The molecule has 0 unspecified atom stereocenters. The molecule has 0 saturated heterocycles. The molecule has 3 nitrogen and oxygen atoms in total. The van der Waals surface area contributed by atoms with E-state index < -0.39 is 5.82 Å². The van der Waals surface area contributed by atoms with E-state index in [1.165, 1.54) is 28.7 Å². The number of hydrogen-bond donors (Lipinski definition) is 2. The average Bonchev–Trinajstić information content (AvgIpc) is 3.01. The SMILES string of the molecule is Nc1c(C(=O)NCc2ccc(Cl)s2)sc2cccc(F)c12. The van der Waals surface area contributed by atoms with E-state index in [-0.39, 0.29) is 11.6 Å². The summed E-state index contributed by atoms with van der Waals surface area (Å²) in [6.45, 7) is 0.367. The number of amides is 1. The zero-order valence-corrected chi connectivity index (χ0v) is 13.0. The number of carbonyl (C=O) groups is 1. The molecule has 1 aromatic carbocycles. The molecule has 0 atom stereocenters. The van der Waals surface area contributed by atoms with Gasteiger partial charge in [-0.05, 0) is 24.3 Å². The number of hydrogen-bond acceptors (Lipinski definition) is 4. The summed E-state index contributed by atoms with van der Waals surface area (Å²) in [5.41, 5.74) is 6.09. The van der Waals surface area contributed by atoms with Gasteiger partial charge in [0.2, 0.25) is 0 Å². The molecule has 0 fully saturated rings. The molecule has 3 aromatic rings. The van der Waals surface area contributed by atoms with Gasteiger partial charge in [0.05, 0.1) is 22.0 Å². The zero-order chi connectivity index (χ0) is 15.0. The number of nitrogens with one attached hydrogen (secondary N) is 1. The molecule has 0 aliphatic heterocycles. The maximum Gasteiger partial charge on any atom is 0.263 e. The smallest absolute Gasteiger partial charge is 0.263 e. The summed E-state index contributed by atoms with van der Waals surface area (Å²) in [6, 6.07) is 8.30. The molecule has 7 heteroatoms. The maximum absolute atomic E-state index is 13.8. The van der Waals surface area contributed by atoms with E-state index in [4.69, 9.17) is 17.3 Å². The van der Waals surface area contributed by atoms with Gasteiger partial charge in [-0.15, -0.1) is 22.7 Å². The summed E-state index contributed by atoms with van der Waals surface area (Å²) >= 11 is 8.42. The molecule has 3 N–H and O–H groups in total. The third-order valence-corrected chi connectivity index (χ3v) is 5.36. The van der Waals surface area contributed by atoms with Crippen molar-refractivity contribution in [2.45, 2.75) is 6.54 Å². The number of nitrogen functional groups attached to an aromatic ring is 1. The van der Waals surface area contributed by atoms with E-state index in [0.29, 0.717) is 25.8 Å². The minimum atomic E-state index is -0.412. The number of nitrogens with two attached hydrogens (primary N) is 1. The Morgan fingerprint density at radius 2 is 2.10 bits per heavy atom. The van der Waals surface area contributed by atoms with Crippen LogP contribution in [0.2, 0.25) is 4.34 Å². The van der Waals surface area contributed by atoms with Crippen LogP contribution in [-0.4, -0.2) is 5.91 Å². The number of halogens is 2. The monoisotopic (exact) mass is 340 g/mol. The van der Waals surface area contributed by atoms with Crippen LogP contribution in [0.25, 0.3) is 10.1 Å². The van der Waals surface area contributed by atoms with E-state index >= 15 is 0 Å². The first-order valence-electron chi connectivity index (χ1n) is 6.05. The number of thiophene rings is 2. The molecule has 2 aromatic heterocycles. The first-order chi connectivity index (χ1) is 10.1. The van der Waals surface area contributed by atoms with Gasteiger partial charge < -0.3 is 11.1 Å². The lowest BCUT2D eigenvalue weighted by Gasteiger charge is -2.02. The molecule has 21 heavy (non-hydrogen) atoms. The average molecular weight is 341 g/mol. The van der Waals surface area contributed by atoms with Crippen molar-refractivity contribution in [3.05, 3.63) is 50.2 Å². The topological polar surface area (TPSA) is 55.1 Å². The van der Waals surface area contributed by atoms with Crippen LogP contribution in [-0.2, 0) is 6.54 Å². The quantitative estimate of drug-likeness (QED) is 0.748. The van der Waals surface area contributed by atoms with Crippen molar-refractivity contribution in [3.63, 3.8) is 0 Å². The van der Waals surface area contributed by atoms with Gasteiger partial charge in [0.1, 0.15) is 10.7 Å². The van der Waals surface area contributed by atoms with Gasteiger partial charge in [-0.25, -0.2) is 4.39 Å². The van der Waals surface area contributed by atoms with Gasteiger partial charge >= 0.3 is 0 Å². The van der Waals surface area contributed by atoms with Crippen molar-refractivity contribution < 1.29 is 9.18 Å². The van der Waals surface area contributed by atoms with E-state index in [0.717, 1.165) is 4.88 Å². The number of fused-ring (bicyclic) bond motifs is 1. The zero-order valence-electron chi connectivity index (χ0n) is 10.7. The van der Waals surface area contributed by atoms with Crippen molar-refractivity contribution in [1.29, 1.82) is 0 Å². The largest absolute Gasteiger partial charge is 0.397 e. The Balaban J connectivity index is 1.84. The summed E-state index contributed by atoms with van der Waals surface area (Å²) in [5, 5.41) is 3.08. The molecule has 0 aliphatic rings. The van der Waals surface area contributed by atoms with E-state index in [9.17, 15) is 9.18 Å². The minimum Gasteiger partial charge on any atom is -0.397 e. The van der Waals surface area contributed by atoms with Crippen molar-refractivity contribution in [1.82, 2.24) is 5.32 Å². The minimum absolute atomic E-state index is 0.190. The standard InChI is InChI=1S/C14H10ClFN2OS2/c15-10-5-4-7(20-10)6-18-14(19)13-12(17)11-8(16)2-1-3-9(11)21-13/h1-5H,6,17H2,(H,18,19). The van der Waals surface area contributed by atoms with Crippen LogP contribution in [0.1, 0.15) is 14.5 Å². The van der Waals surface area contributed by atoms with Gasteiger partial charge in [-0.2, -0.15) is 0 Å². The second-order valence-corrected chi connectivity index (χ2v) is 7.20. The molecule has 0 saturated carbocycles. The molecule has 0 spiro atoms. The van der Waals surface area contributed by atoms with Gasteiger partial charge in [0, 0.05) is 9.58 Å². The van der Waals surface area contributed by atoms with Gasteiger partial charge in [-0.1, -0.05) is 17.7 Å². The lowest BCUT2D eigenvalue weighted by Crippen LogP contribution is -2.22. The van der Waals surface area contributed by atoms with Gasteiger partial charge in [0.15, 0.2) is 0 Å². The molecule has 2 heterocycles. The third-order valence-electron chi connectivity index (χ3n) is 2.96. The fourth-order valence-electron chi connectivity index (χ4n) is 1.99. The molecular formula is C14H10ClFN2OS2. The van der Waals surface area contributed by atoms with E-state index in [1.54, 1.807) is 18.2 Å². The molecule has 3 rings (SSSR count). The predicted octanol–water partition coefficient (Wildman–Crippen LogP) is 4.27. The number of rotatable bonds is 3. The highest BCUT2D eigenvalue weighted by Crippen LogP contribution is 2.35. The highest BCUT2D eigenvalue weighted by Gasteiger charge is 2.18. The van der Waals surface area contributed by atoms with Crippen molar-refractivity contribution in [2.24, 2.45) is 0 Å². The Hall–Kier alpha value is -1.63. The second-order valence-electron chi connectivity index (χ2n) is 4.35. The Bertz CT molecular complexity index is 828. The first-order valence-corrected chi connectivity index (χ1v) is 8.06. The molecule has 0 radical (unpaired) electrons. The summed E-state index contributed by atoms with van der Waals surface area (Å²) < 4.78 is 15.1. The van der Waals surface area contributed by atoms with E-state index in [2.05, 4.69) is 5.32 Å². The van der Waals surface area contributed by atoms with Crippen LogP contribution in [0.15, 0.2) is 30.3 Å². The lowest BCUT2D eigenvalue weighted by atomic mass is 10.2. The maximum atomic E-state index is 13.8. The Morgan fingerprint density at radius 3 is 2.76 bits per heavy atom. The van der Waals surface area contributed by atoms with Gasteiger partial charge in [0.25, 0.3) is 5.91 Å². The van der Waals surface area contributed by atoms with Crippen LogP contribution in [0.5, 0.6) is 0 Å². The number of anilines is 1. The Kier molecular flexibility index (Phi) is 3.84. The van der Waals surface area contributed by atoms with Crippen LogP contribution in [0, 0.1) is 5.82 Å². The van der Waals surface area contributed by atoms with Crippen LogP contribution in [0.4, 0.5) is 10.1 Å². The lowest BCUT2D eigenvalue weighted by molar-refractivity contribution is 0.0956. The van der Waals surface area contributed by atoms with Crippen molar-refractivity contribution in [3.8, 4) is 0 Å². The highest BCUT2D eigenvalue weighted by atomic mass is 35.5. The summed E-state index contributed by atoms with van der Waals surface area (Å²) in [5.74, 6) is -0.719.